The summed E-state index contributed by atoms with van der Waals surface area (Å²) in [5.41, 5.74) is 3.45. The predicted octanol–water partition coefficient (Wildman–Crippen LogP) is 2.63. The fraction of sp³-hybridized carbons (Fsp3) is 0.278. The third-order valence-corrected chi connectivity index (χ3v) is 3.63. The first-order valence-corrected chi connectivity index (χ1v) is 7.41. The Bertz CT molecular complexity index is 665. The fourth-order valence-electron chi connectivity index (χ4n) is 2.38. The van der Waals surface area contributed by atoms with E-state index in [0.717, 1.165) is 29.9 Å². The van der Waals surface area contributed by atoms with Gasteiger partial charge in [-0.3, -0.25) is 4.79 Å². The third kappa shape index (κ3) is 3.58. The maximum absolute atomic E-state index is 11.8. The number of aryl methyl sites for hydroxylation is 1. The van der Waals surface area contributed by atoms with Crippen molar-refractivity contribution in [1.29, 1.82) is 0 Å². The van der Waals surface area contributed by atoms with Gasteiger partial charge in [-0.1, -0.05) is 29.8 Å². The third-order valence-electron chi connectivity index (χ3n) is 3.63. The van der Waals surface area contributed by atoms with Crippen LogP contribution in [0.4, 0.5) is 0 Å². The molecule has 0 aliphatic carbocycles. The quantitative estimate of drug-likeness (QED) is 0.923. The smallest absolute Gasteiger partial charge is 0.258 e. The second kappa shape index (κ2) is 6.52. The summed E-state index contributed by atoms with van der Waals surface area (Å²) in [6, 6.07) is 13.7. The Labute approximate surface area is 130 Å². The standard InChI is InChI=1S/C18H19NO3/c1-13-2-5-16(6-3-13)22-12-18(20)19-11-14-4-7-17-15(10-14)8-9-21-17/h2-7,10H,8-9,11-12H2,1H3,(H,19,20). The van der Waals surface area contributed by atoms with Gasteiger partial charge in [-0.2, -0.15) is 0 Å². The molecule has 1 heterocycles. The first kappa shape index (κ1) is 14.4. The molecule has 1 aliphatic rings. The molecule has 22 heavy (non-hydrogen) atoms. The van der Waals surface area contributed by atoms with Crippen LogP contribution in [0.15, 0.2) is 42.5 Å². The summed E-state index contributed by atoms with van der Waals surface area (Å²) < 4.78 is 10.9. The van der Waals surface area contributed by atoms with Crippen LogP contribution in [0.25, 0.3) is 0 Å². The summed E-state index contributed by atoms with van der Waals surface area (Å²) in [6.07, 6.45) is 0.938. The molecule has 2 aromatic carbocycles. The van der Waals surface area contributed by atoms with Gasteiger partial charge in [0.15, 0.2) is 6.61 Å². The van der Waals surface area contributed by atoms with Crippen LogP contribution in [0.1, 0.15) is 16.7 Å². The SMILES string of the molecule is Cc1ccc(OCC(=O)NCc2ccc3c(c2)CCO3)cc1. The van der Waals surface area contributed by atoms with E-state index in [0.29, 0.717) is 12.3 Å². The zero-order valence-electron chi connectivity index (χ0n) is 12.6. The number of hydrogen-bond acceptors (Lipinski definition) is 3. The van der Waals surface area contributed by atoms with Crippen LogP contribution in [0.5, 0.6) is 11.5 Å². The Morgan fingerprint density at radius 3 is 2.86 bits per heavy atom. The number of rotatable bonds is 5. The molecule has 0 bridgehead atoms. The molecule has 2 aromatic rings. The summed E-state index contributed by atoms with van der Waals surface area (Å²) in [6.45, 7) is 3.29. The number of nitrogens with one attached hydrogen (secondary N) is 1. The van der Waals surface area contributed by atoms with Crippen molar-refractivity contribution in [2.45, 2.75) is 19.9 Å². The van der Waals surface area contributed by atoms with E-state index in [1.807, 2.05) is 43.3 Å². The molecule has 0 saturated carbocycles. The normalized spacial score (nSPS) is 12.4. The summed E-state index contributed by atoms with van der Waals surface area (Å²) in [5.74, 6) is 1.53. The molecule has 1 aliphatic heterocycles. The van der Waals surface area contributed by atoms with Gasteiger partial charge in [0.25, 0.3) is 5.91 Å². The Kier molecular flexibility index (Phi) is 4.28. The van der Waals surface area contributed by atoms with Gasteiger partial charge in [0.05, 0.1) is 6.61 Å². The molecule has 0 aromatic heterocycles. The number of amides is 1. The Balaban J connectivity index is 1.47. The van der Waals surface area contributed by atoms with E-state index in [-0.39, 0.29) is 12.5 Å². The second-order valence-corrected chi connectivity index (χ2v) is 5.42. The summed E-state index contributed by atoms with van der Waals surface area (Å²) in [4.78, 5) is 11.8. The molecular formula is C18H19NO3. The second-order valence-electron chi connectivity index (χ2n) is 5.42. The van der Waals surface area contributed by atoms with E-state index in [1.54, 1.807) is 0 Å². The largest absolute Gasteiger partial charge is 0.493 e. The van der Waals surface area contributed by atoms with Gasteiger partial charge >= 0.3 is 0 Å². The van der Waals surface area contributed by atoms with Crippen LogP contribution in [-0.2, 0) is 17.8 Å². The molecule has 0 spiro atoms. The monoisotopic (exact) mass is 297 g/mol. The van der Waals surface area contributed by atoms with Crippen molar-refractivity contribution < 1.29 is 14.3 Å². The van der Waals surface area contributed by atoms with Crippen molar-refractivity contribution in [2.75, 3.05) is 13.2 Å². The number of carbonyl (C=O) groups excluding carboxylic acids is 1. The van der Waals surface area contributed by atoms with Crippen LogP contribution in [0, 0.1) is 6.92 Å². The Hall–Kier alpha value is -2.49. The maximum atomic E-state index is 11.8. The number of hydrogen-bond donors (Lipinski definition) is 1. The van der Waals surface area contributed by atoms with Gasteiger partial charge in [0.1, 0.15) is 11.5 Å². The molecular weight excluding hydrogens is 278 g/mol. The molecule has 114 valence electrons. The van der Waals surface area contributed by atoms with Crippen LogP contribution in [0.3, 0.4) is 0 Å². The molecule has 0 saturated heterocycles. The lowest BCUT2D eigenvalue weighted by atomic mass is 10.1. The van der Waals surface area contributed by atoms with E-state index in [1.165, 1.54) is 5.56 Å². The van der Waals surface area contributed by atoms with Crippen molar-refractivity contribution in [1.82, 2.24) is 5.32 Å². The Morgan fingerprint density at radius 2 is 2.05 bits per heavy atom. The Morgan fingerprint density at radius 1 is 1.23 bits per heavy atom. The topological polar surface area (TPSA) is 47.6 Å². The lowest BCUT2D eigenvalue weighted by molar-refractivity contribution is -0.123. The lowest BCUT2D eigenvalue weighted by Gasteiger charge is -2.08. The average Bonchev–Trinajstić information content (AvgIpc) is 3.00. The minimum Gasteiger partial charge on any atom is -0.493 e. The van der Waals surface area contributed by atoms with Crippen molar-refractivity contribution in [3.8, 4) is 11.5 Å². The maximum Gasteiger partial charge on any atom is 0.258 e. The summed E-state index contributed by atoms with van der Waals surface area (Å²) in [5, 5.41) is 2.87. The van der Waals surface area contributed by atoms with Gasteiger partial charge in [-0.15, -0.1) is 0 Å². The summed E-state index contributed by atoms with van der Waals surface area (Å²) >= 11 is 0. The molecule has 4 heteroatoms. The number of carbonyl (C=O) groups is 1. The minimum atomic E-state index is -0.127. The number of fused-ring (bicyclic) bond motifs is 1. The summed E-state index contributed by atoms with van der Waals surface area (Å²) in [7, 11) is 0. The highest BCUT2D eigenvalue weighted by atomic mass is 16.5. The van der Waals surface area contributed by atoms with Crippen molar-refractivity contribution in [3.63, 3.8) is 0 Å². The van der Waals surface area contributed by atoms with E-state index >= 15 is 0 Å². The molecule has 0 atom stereocenters. The molecule has 0 fully saturated rings. The van der Waals surface area contributed by atoms with Crippen LogP contribution in [-0.4, -0.2) is 19.1 Å². The lowest BCUT2D eigenvalue weighted by Crippen LogP contribution is -2.28. The highest BCUT2D eigenvalue weighted by Gasteiger charge is 2.12. The first-order chi connectivity index (χ1) is 10.7. The highest BCUT2D eigenvalue weighted by molar-refractivity contribution is 5.77. The van der Waals surface area contributed by atoms with Crippen LogP contribution in [0.2, 0.25) is 0 Å². The molecule has 1 N–H and O–H groups in total. The first-order valence-electron chi connectivity index (χ1n) is 7.41. The van der Waals surface area contributed by atoms with E-state index in [2.05, 4.69) is 11.4 Å². The van der Waals surface area contributed by atoms with Crippen LogP contribution >= 0.6 is 0 Å². The highest BCUT2D eigenvalue weighted by Crippen LogP contribution is 2.25. The molecule has 0 radical (unpaired) electrons. The van der Waals surface area contributed by atoms with E-state index in [9.17, 15) is 4.79 Å². The van der Waals surface area contributed by atoms with Gasteiger partial charge in [0.2, 0.25) is 0 Å². The predicted molar refractivity (Wildman–Crippen MR) is 84.2 cm³/mol. The number of ether oxygens (including phenoxy) is 2. The van der Waals surface area contributed by atoms with Gasteiger partial charge in [-0.25, -0.2) is 0 Å². The number of benzene rings is 2. The zero-order chi connectivity index (χ0) is 15.4. The van der Waals surface area contributed by atoms with Gasteiger partial charge in [0, 0.05) is 13.0 Å². The van der Waals surface area contributed by atoms with Crippen molar-refractivity contribution in [2.24, 2.45) is 0 Å². The minimum absolute atomic E-state index is 0.0249. The van der Waals surface area contributed by atoms with E-state index < -0.39 is 0 Å². The average molecular weight is 297 g/mol. The molecule has 3 rings (SSSR count). The zero-order valence-corrected chi connectivity index (χ0v) is 12.6. The fourth-order valence-corrected chi connectivity index (χ4v) is 2.38. The molecule has 1 amide bonds. The molecule has 4 nitrogen and oxygen atoms in total. The van der Waals surface area contributed by atoms with Crippen LogP contribution < -0.4 is 14.8 Å². The van der Waals surface area contributed by atoms with Crippen molar-refractivity contribution in [3.05, 3.63) is 59.2 Å². The molecule has 0 unspecified atom stereocenters. The van der Waals surface area contributed by atoms with E-state index in [4.69, 9.17) is 9.47 Å². The van der Waals surface area contributed by atoms with Crippen molar-refractivity contribution >= 4 is 5.91 Å². The van der Waals surface area contributed by atoms with Gasteiger partial charge < -0.3 is 14.8 Å². The van der Waals surface area contributed by atoms with Gasteiger partial charge in [-0.05, 0) is 36.2 Å².